The second-order valence-electron chi connectivity index (χ2n) is 6.02. The molecule has 1 N–H and O–H groups in total. The van der Waals surface area contributed by atoms with Gasteiger partial charge in [0, 0.05) is 12.6 Å². The number of cyclic esters (lactones) is 2. The van der Waals surface area contributed by atoms with Crippen LogP contribution >= 0.6 is 0 Å². The van der Waals surface area contributed by atoms with Gasteiger partial charge in [-0.3, -0.25) is 14.6 Å². The molecule has 0 saturated carbocycles. The van der Waals surface area contributed by atoms with E-state index in [0.29, 0.717) is 0 Å². The van der Waals surface area contributed by atoms with Gasteiger partial charge in [-0.2, -0.15) is 13.2 Å². The van der Waals surface area contributed by atoms with Crippen molar-refractivity contribution in [3.63, 3.8) is 0 Å². The Hall–Kier alpha value is -2.98. The Balaban J connectivity index is 1.87. The van der Waals surface area contributed by atoms with Crippen LogP contribution in [0, 0.1) is 0 Å². The van der Waals surface area contributed by atoms with E-state index in [-0.39, 0.29) is 43.5 Å². The summed E-state index contributed by atoms with van der Waals surface area (Å²) in [4.78, 5) is 36.5. The summed E-state index contributed by atoms with van der Waals surface area (Å²) < 4.78 is 50.3. The van der Waals surface area contributed by atoms with Gasteiger partial charge in [-0.05, 0) is 18.2 Å². The minimum Gasteiger partial charge on any atom is -0.447 e. The van der Waals surface area contributed by atoms with Crippen LogP contribution in [-0.2, 0) is 20.4 Å². The van der Waals surface area contributed by atoms with Crippen molar-refractivity contribution in [3.05, 3.63) is 23.8 Å². The topological polar surface area (TPSA) is 88.2 Å². The maximum absolute atomic E-state index is 13.5. The average molecular weight is 387 g/mol. The maximum atomic E-state index is 13.5. The van der Waals surface area contributed by atoms with E-state index in [1.807, 2.05) is 0 Å². The van der Waals surface area contributed by atoms with Crippen LogP contribution in [0.15, 0.2) is 18.2 Å². The summed E-state index contributed by atoms with van der Waals surface area (Å²) in [5, 5.41) is 2.49. The molecular weight excluding hydrogens is 371 g/mol. The van der Waals surface area contributed by atoms with Crippen LogP contribution in [0.4, 0.5) is 34.1 Å². The van der Waals surface area contributed by atoms with Crippen LogP contribution in [0.3, 0.4) is 0 Å². The standard InChI is InChI=1S/C16H16F3N3O5/c1-9(23)20-7-11-8-22(15(25)27-11)10-2-3-13(12(6-10)16(17,18)19)21-4-5-26-14(21)24/h2-3,6,11H,4-5,7-8H2,1H3,(H,20,23). The molecule has 27 heavy (non-hydrogen) atoms. The van der Waals surface area contributed by atoms with Gasteiger partial charge < -0.3 is 14.8 Å². The van der Waals surface area contributed by atoms with Crippen molar-refractivity contribution in [2.75, 3.05) is 36.0 Å². The average Bonchev–Trinajstić information content (AvgIpc) is 3.17. The Kier molecular flexibility index (Phi) is 4.85. The zero-order valence-electron chi connectivity index (χ0n) is 14.2. The van der Waals surface area contributed by atoms with Crippen molar-refractivity contribution in [1.29, 1.82) is 0 Å². The van der Waals surface area contributed by atoms with Crippen LogP contribution in [0.1, 0.15) is 12.5 Å². The minimum absolute atomic E-state index is 0.00115. The van der Waals surface area contributed by atoms with Crippen molar-refractivity contribution < 1.29 is 37.0 Å². The van der Waals surface area contributed by atoms with Gasteiger partial charge in [0.15, 0.2) is 0 Å². The van der Waals surface area contributed by atoms with E-state index in [0.717, 1.165) is 21.9 Å². The van der Waals surface area contributed by atoms with Crippen LogP contribution in [0.2, 0.25) is 0 Å². The molecule has 3 amide bonds. The molecule has 0 aliphatic carbocycles. The molecule has 0 aromatic heterocycles. The summed E-state index contributed by atoms with van der Waals surface area (Å²) in [5.41, 5.74) is -1.41. The quantitative estimate of drug-likeness (QED) is 0.855. The molecule has 0 spiro atoms. The third kappa shape index (κ3) is 3.91. The van der Waals surface area contributed by atoms with E-state index in [4.69, 9.17) is 9.47 Å². The summed E-state index contributed by atoms with van der Waals surface area (Å²) in [5.74, 6) is -0.314. The number of ether oxygens (including phenoxy) is 2. The number of nitrogens with zero attached hydrogens (tertiary/aromatic N) is 2. The van der Waals surface area contributed by atoms with Crippen molar-refractivity contribution >= 4 is 29.5 Å². The lowest BCUT2D eigenvalue weighted by molar-refractivity contribution is -0.137. The van der Waals surface area contributed by atoms with E-state index in [9.17, 15) is 27.6 Å². The number of nitrogens with one attached hydrogen (secondary N) is 1. The molecule has 3 rings (SSSR count). The molecule has 2 saturated heterocycles. The molecule has 0 radical (unpaired) electrons. The minimum atomic E-state index is -4.74. The van der Waals surface area contributed by atoms with Crippen molar-refractivity contribution in [2.45, 2.75) is 19.2 Å². The van der Waals surface area contributed by atoms with E-state index in [2.05, 4.69) is 5.32 Å². The van der Waals surface area contributed by atoms with Crippen LogP contribution in [-0.4, -0.2) is 50.4 Å². The summed E-state index contributed by atoms with van der Waals surface area (Å²) in [6.07, 6.45) is -7.09. The van der Waals surface area contributed by atoms with Crippen LogP contribution in [0.5, 0.6) is 0 Å². The molecule has 2 fully saturated rings. The maximum Gasteiger partial charge on any atom is 0.418 e. The first-order valence-corrected chi connectivity index (χ1v) is 8.05. The predicted octanol–water partition coefficient (Wildman–Crippen LogP) is 2.12. The second kappa shape index (κ2) is 6.97. The van der Waals surface area contributed by atoms with Gasteiger partial charge in [-0.15, -0.1) is 0 Å². The molecule has 146 valence electrons. The van der Waals surface area contributed by atoms with E-state index >= 15 is 0 Å². The molecule has 11 heteroatoms. The van der Waals surface area contributed by atoms with Crippen molar-refractivity contribution in [1.82, 2.24) is 5.32 Å². The normalized spacial score (nSPS) is 19.9. The Labute approximate surface area is 151 Å². The smallest absolute Gasteiger partial charge is 0.418 e. The Morgan fingerprint density at radius 2 is 2.00 bits per heavy atom. The highest BCUT2D eigenvalue weighted by atomic mass is 19.4. The first-order chi connectivity index (χ1) is 12.7. The summed E-state index contributed by atoms with van der Waals surface area (Å²) in [7, 11) is 0. The SMILES string of the molecule is CC(=O)NCC1CN(c2ccc(N3CCOC3=O)c(C(F)(F)F)c2)C(=O)O1. The number of rotatable bonds is 4. The fourth-order valence-electron chi connectivity index (χ4n) is 2.86. The summed E-state index contributed by atoms with van der Waals surface area (Å²) >= 11 is 0. The highest BCUT2D eigenvalue weighted by Gasteiger charge is 2.40. The van der Waals surface area contributed by atoms with Crippen LogP contribution in [0.25, 0.3) is 0 Å². The van der Waals surface area contributed by atoms with Gasteiger partial charge in [-0.25, -0.2) is 9.59 Å². The molecule has 2 aliphatic heterocycles. The number of benzene rings is 1. The van der Waals surface area contributed by atoms with E-state index < -0.39 is 30.0 Å². The van der Waals surface area contributed by atoms with Crippen LogP contribution < -0.4 is 15.1 Å². The van der Waals surface area contributed by atoms with Gasteiger partial charge in [0.05, 0.1) is 30.9 Å². The number of alkyl halides is 3. The first kappa shape index (κ1) is 18.8. The number of halogens is 3. The number of hydrogen-bond donors (Lipinski definition) is 1. The fourth-order valence-corrected chi connectivity index (χ4v) is 2.86. The Morgan fingerprint density at radius 1 is 1.26 bits per heavy atom. The lowest BCUT2D eigenvalue weighted by Gasteiger charge is -2.22. The fraction of sp³-hybridized carbons (Fsp3) is 0.438. The van der Waals surface area contributed by atoms with Gasteiger partial charge in [-0.1, -0.05) is 0 Å². The molecule has 2 heterocycles. The molecule has 1 aromatic rings. The van der Waals surface area contributed by atoms with E-state index in [1.54, 1.807) is 0 Å². The lowest BCUT2D eigenvalue weighted by atomic mass is 10.1. The highest BCUT2D eigenvalue weighted by molar-refractivity contribution is 5.93. The lowest BCUT2D eigenvalue weighted by Crippen LogP contribution is -2.33. The molecular formula is C16H16F3N3O5. The number of hydrogen-bond acceptors (Lipinski definition) is 5. The van der Waals surface area contributed by atoms with Gasteiger partial charge in [0.25, 0.3) is 0 Å². The van der Waals surface area contributed by atoms with Gasteiger partial charge in [0.1, 0.15) is 12.7 Å². The monoisotopic (exact) mass is 387 g/mol. The molecule has 0 bridgehead atoms. The number of anilines is 2. The number of carbonyl (C=O) groups excluding carboxylic acids is 3. The zero-order chi connectivity index (χ0) is 19.8. The molecule has 1 unspecified atom stereocenters. The number of carbonyl (C=O) groups is 3. The summed E-state index contributed by atoms with van der Waals surface area (Å²) in [6.45, 7) is 1.35. The predicted molar refractivity (Wildman–Crippen MR) is 86.4 cm³/mol. The zero-order valence-corrected chi connectivity index (χ0v) is 14.2. The summed E-state index contributed by atoms with van der Waals surface area (Å²) in [6, 6.07) is 3.22. The third-order valence-electron chi connectivity index (χ3n) is 4.10. The molecule has 1 atom stereocenters. The van der Waals surface area contributed by atoms with Crippen molar-refractivity contribution in [2.24, 2.45) is 0 Å². The third-order valence-corrected chi connectivity index (χ3v) is 4.10. The van der Waals surface area contributed by atoms with E-state index in [1.165, 1.54) is 13.0 Å². The Morgan fingerprint density at radius 3 is 2.59 bits per heavy atom. The molecule has 2 aliphatic rings. The molecule has 1 aromatic carbocycles. The number of amides is 3. The van der Waals surface area contributed by atoms with Gasteiger partial charge in [0.2, 0.25) is 5.91 Å². The Bertz CT molecular complexity index is 783. The largest absolute Gasteiger partial charge is 0.447 e. The van der Waals surface area contributed by atoms with Crippen molar-refractivity contribution in [3.8, 4) is 0 Å². The molecule has 8 nitrogen and oxygen atoms in total. The highest BCUT2D eigenvalue weighted by Crippen LogP contribution is 2.40. The first-order valence-electron chi connectivity index (χ1n) is 8.05. The van der Waals surface area contributed by atoms with Gasteiger partial charge >= 0.3 is 18.4 Å². The second-order valence-corrected chi connectivity index (χ2v) is 6.02.